The van der Waals surface area contributed by atoms with Crippen molar-refractivity contribution in [1.82, 2.24) is 0 Å². The largest absolute Gasteiger partial charge is 0.0871 e. The van der Waals surface area contributed by atoms with Crippen LogP contribution in [0.25, 0.3) is 0 Å². The zero-order valence-electron chi connectivity index (χ0n) is 7.09. The second-order valence-electron chi connectivity index (χ2n) is 2.11. The molecule has 0 saturated carbocycles. The molecular weight excluding hydrogens is 120 g/mol. The predicted octanol–water partition coefficient (Wildman–Crippen LogP) is 3.48. The van der Waals surface area contributed by atoms with Gasteiger partial charge in [-0.25, -0.2) is 0 Å². The second kappa shape index (κ2) is 6.34. The molecule has 0 spiro atoms. The van der Waals surface area contributed by atoms with Gasteiger partial charge >= 0.3 is 0 Å². The third kappa shape index (κ3) is 4.13. The van der Waals surface area contributed by atoms with Gasteiger partial charge in [-0.05, 0) is 25.8 Å². The smallest absolute Gasteiger partial charge is 0.0303 e. The predicted molar refractivity (Wildman–Crippen MR) is 48.0 cm³/mol. The first-order valence-electron chi connectivity index (χ1n) is 3.80. The van der Waals surface area contributed by atoms with Crippen molar-refractivity contribution in [1.29, 1.82) is 0 Å². The van der Waals surface area contributed by atoms with E-state index in [1.54, 1.807) is 0 Å². The third-order valence-corrected chi connectivity index (χ3v) is 1.16. The maximum absolute atomic E-state index is 2.21. The van der Waals surface area contributed by atoms with Crippen LogP contribution in [0.3, 0.4) is 0 Å². The standard InChI is InChI=1S/C10H16/c1-4-7-10(8-5-2)9-6-3/h4-5,7-9H,6H2,1-3H3/b7-4-,8-5+,10-9?. The van der Waals surface area contributed by atoms with Gasteiger partial charge in [-0.15, -0.1) is 0 Å². The lowest BCUT2D eigenvalue weighted by Gasteiger charge is -1.89. The Labute approximate surface area is 64.0 Å². The molecule has 0 bridgehead atoms. The molecule has 0 heterocycles. The highest BCUT2D eigenvalue weighted by molar-refractivity contribution is 5.29. The van der Waals surface area contributed by atoms with Gasteiger partial charge in [0.2, 0.25) is 0 Å². The van der Waals surface area contributed by atoms with E-state index in [4.69, 9.17) is 0 Å². The summed E-state index contributed by atoms with van der Waals surface area (Å²) in [7, 11) is 0. The van der Waals surface area contributed by atoms with Crippen molar-refractivity contribution in [3.8, 4) is 0 Å². The number of hydrogen-bond acceptors (Lipinski definition) is 0. The van der Waals surface area contributed by atoms with Crippen LogP contribution in [0.1, 0.15) is 27.2 Å². The minimum atomic E-state index is 1.10. The van der Waals surface area contributed by atoms with Crippen molar-refractivity contribution in [3.05, 3.63) is 36.0 Å². The summed E-state index contributed by atoms with van der Waals surface area (Å²) < 4.78 is 0. The maximum Gasteiger partial charge on any atom is -0.0303 e. The summed E-state index contributed by atoms with van der Waals surface area (Å²) in [4.78, 5) is 0. The average molecular weight is 136 g/mol. The molecule has 0 aromatic carbocycles. The highest BCUT2D eigenvalue weighted by atomic mass is 13.9. The van der Waals surface area contributed by atoms with E-state index in [1.807, 2.05) is 13.8 Å². The monoisotopic (exact) mass is 136 g/mol. The normalized spacial score (nSPS) is 13.7. The van der Waals surface area contributed by atoms with Gasteiger partial charge in [0, 0.05) is 0 Å². The first-order valence-corrected chi connectivity index (χ1v) is 3.80. The number of rotatable bonds is 3. The van der Waals surface area contributed by atoms with Crippen molar-refractivity contribution in [2.75, 3.05) is 0 Å². The number of allylic oxidation sites excluding steroid dienone is 6. The topological polar surface area (TPSA) is 0 Å². The van der Waals surface area contributed by atoms with Crippen LogP contribution in [0, 0.1) is 0 Å². The molecule has 0 heteroatoms. The van der Waals surface area contributed by atoms with E-state index < -0.39 is 0 Å². The lowest BCUT2D eigenvalue weighted by molar-refractivity contribution is 1.21. The van der Waals surface area contributed by atoms with E-state index in [2.05, 4.69) is 37.3 Å². The van der Waals surface area contributed by atoms with Crippen LogP contribution in [0.5, 0.6) is 0 Å². The van der Waals surface area contributed by atoms with Crippen molar-refractivity contribution in [2.24, 2.45) is 0 Å². The van der Waals surface area contributed by atoms with Crippen molar-refractivity contribution >= 4 is 0 Å². The highest BCUT2D eigenvalue weighted by Crippen LogP contribution is 2.00. The van der Waals surface area contributed by atoms with Crippen LogP contribution in [0.15, 0.2) is 36.0 Å². The van der Waals surface area contributed by atoms with E-state index >= 15 is 0 Å². The molecule has 0 aromatic heterocycles. The Kier molecular flexibility index (Phi) is 5.85. The molecule has 0 rings (SSSR count). The summed E-state index contributed by atoms with van der Waals surface area (Å²) in [6, 6.07) is 0. The van der Waals surface area contributed by atoms with E-state index in [9.17, 15) is 0 Å². The molecule has 0 saturated heterocycles. The number of hydrogen-bond donors (Lipinski definition) is 0. The Bertz CT molecular complexity index is 133. The van der Waals surface area contributed by atoms with Gasteiger partial charge in [-0.1, -0.05) is 37.3 Å². The van der Waals surface area contributed by atoms with Gasteiger partial charge in [0.15, 0.2) is 0 Å². The maximum atomic E-state index is 2.21. The highest BCUT2D eigenvalue weighted by Gasteiger charge is 1.79. The van der Waals surface area contributed by atoms with Crippen molar-refractivity contribution < 1.29 is 0 Å². The van der Waals surface area contributed by atoms with E-state index in [0.29, 0.717) is 0 Å². The molecule has 0 fully saturated rings. The average Bonchev–Trinajstić information content (AvgIpc) is 1.90. The summed E-state index contributed by atoms with van der Waals surface area (Å²) in [5.74, 6) is 0. The molecule has 0 aliphatic rings. The summed E-state index contributed by atoms with van der Waals surface area (Å²) in [5.41, 5.74) is 1.30. The Morgan fingerprint density at radius 2 is 1.60 bits per heavy atom. The molecule has 10 heavy (non-hydrogen) atoms. The quantitative estimate of drug-likeness (QED) is 0.521. The lowest BCUT2D eigenvalue weighted by atomic mass is 10.2. The molecular formula is C10H16. The fourth-order valence-corrected chi connectivity index (χ4v) is 0.812. The van der Waals surface area contributed by atoms with Crippen molar-refractivity contribution in [3.63, 3.8) is 0 Å². The second-order valence-corrected chi connectivity index (χ2v) is 2.11. The van der Waals surface area contributed by atoms with Gasteiger partial charge in [0.25, 0.3) is 0 Å². The fraction of sp³-hybridized carbons (Fsp3) is 0.400. The van der Waals surface area contributed by atoms with E-state index in [-0.39, 0.29) is 0 Å². The molecule has 0 amide bonds. The van der Waals surface area contributed by atoms with Crippen LogP contribution in [-0.4, -0.2) is 0 Å². The fourth-order valence-electron chi connectivity index (χ4n) is 0.812. The van der Waals surface area contributed by atoms with Crippen LogP contribution < -0.4 is 0 Å². The zero-order valence-corrected chi connectivity index (χ0v) is 7.09. The van der Waals surface area contributed by atoms with Crippen LogP contribution in [0.4, 0.5) is 0 Å². The van der Waals surface area contributed by atoms with Crippen LogP contribution >= 0.6 is 0 Å². The van der Waals surface area contributed by atoms with Gasteiger partial charge in [0.1, 0.15) is 0 Å². The summed E-state index contributed by atoms with van der Waals surface area (Å²) in [6.07, 6.45) is 11.7. The summed E-state index contributed by atoms with van der Waals surface area (Å²) in [5, 5.41) is 0. The van der Waals surface area contributed by atoms with Gasteiger partial charge in [0.05, 0.1) is 0 Å². The molecule has 0 aliphatic carbocycles. The van der Waals surface area contributed by atoms with Gasteiger partial charge in [-0.2, -0.15) is 0 Å². The van der Waals surface area contributed by atoms with E-state index in [1.165, 1.54) is 5.57 Å². The molecule has 0 N–H and O–H groups in total. The van der Waals surface area contributed by atoms with Crippen molar-refractivity contribution in [2.45, 2.75) is 27.2 Å². The molecule has 0 radical (unpaired) electrons. The zero-order chi connectivity index (χ0) is 7.82. The van der Waals surface area contributed by atoms with E-state index in [0.717, 1.165) is 6.42 Å². The molecule has 0 nitrogen and oxygen atoms in total. The SMILES string of the molecule is C/C=C\C(=CCC)/C=C/C. The summed E-state index contributed by atoms with van der Waals surface area (Å²) in [6.45, 7) is 6.22. The molecule has 0 atom stereocenters. The van der Waals surface area contributed by atoms with Gasteiger partial charge in [-0.3, -0.25) is 0 Å². The minimum Gasteiger partial charge on any atom is -0.0871 e. The Morgan fingerprint density at radius 1 is 1.10 bits per heavy atom. The minimum absolute atomic E-state index is 1.10. The Balaban J connectivity index is 4.11. The molecule has 0 aliphatic heterocycles. The summed E-state index contributed by atoms with van der Waals surface area (Å²) >= 11 is 0. The van der Waals surface area contributed by atoms with Crippen LogP contribution in [0.2, 0.25) is 0 Å². The van der Waals surface area contributed by atoms with Crippen LogP contribution in [-0.2, 0) is 0 Å². The third-order valence-electron chi connectivity index (χ3n) is 1.16. The lowest BCUT2D eigenvalue weighted by Crippen LogP contribution is -1.69. The Hall–Kier alpha value is -0.780. The molecule has 0 unspecified atom stereocenters. The molecule has 56 valence electrons. The first-order chi connectivity index (χ1) is 4.85. The first kappa shape index (κ1) is 9.22. The molecule has 0 aromatic rings. The van der Waals surface area contributed by atoms with Gasteiger partial charge < -0.3 is 0 Å². The Morgan fingerprint density at radius 3 is 1.90 bits per heavy atom.